The summed E-state index contributed by atoms with van der Waals surface area (Å²) in [5.74, 6) is 0.386. The molecular weight excluding hydrogens is 218 g/mol. The van der Waals surface area contributed by atoms with E-state index < -0.39 is 5.97 Å². The summed E-state index contributed by atoms with van der Waals surface area (Å²) in [6.45, 7) is 1.70. The highest BCUT2D eigenvalue weighted by molar-refractivity contribution is 5.67. The first-order valence-corrected chi connectivity index (χ1v) is 5.83. The van der Waals surface area contributed by atoms with E-state index in [9.17, 15) is 4.79 Å². The number of hydrogen-bond acceptors (Lipinski definition) is 4. The maximum atomic E-state index is 10.7. The third kappa shape index (κ3) is 3.09. The Bertz CT molecular complexity index is 391. The molecule has 0 saturated carbocycles. The average Bonchev–Trinajstić information content (AvgIpc) is 2.29. The van der Waals surface area contributed by atoms with E-state index in [0.29, 0.717) is 5.69 Å². The average molecular weight is 235 g/mol. The molecule has 0 aliphatic carbocycles. The van der Waals surface area contributed by atoms with E-state index in [0.717, 1.165) is 31.7 Å². The number of nitrogens with zero attached hydrogens (tertiary/aromatic N) is 2. The third-order valence-electron chi connectivity index (χ3n) is 3.08. The maximum Gasteiger partial charge on any atom is 0.303 e. The molecule has 1 fully saturated rings. The van der Waals surface area contributed by atoms with Gasteiger partial charge in [0.15, 0.2) is 0 Å². The van der Waals surface area contributed by atoms with Gasteiger partial charge < -0.3 is 15.7 Å². The topological polar surface area (TPSA) is 79.5 Å². The van der Waals surface area contributed by atoms with Crippen molar-refractivity contribution >= 4 is 17.5 Å². The molecule has 5 heteroatoms. The smallest absolute Gasteiger partial charge is 0.303 e. The summed E-state index contributed by atoms with van der Waals surface area (Å²) in [5.41, 5.74) is 6.24. The largest absolute Gasteiger partial charge is 0.481 e. The van der Waals surface area contributed by atoms with Gasteiger partial charge in [0.2, 0.25) is 0 Å². The molecule has 0 radical (unpaired) electrons. The van der Waals surface area contributed by atoms with Gasteiger partial charge in [0, 0.05) is 19.5 Å². The summed E-state index contributed by atoms with van der Waals surface area (Å²) in [6, 6.07) is 3.71. The standard InChI is InChI=1S/C12H17N3O2/c13-10-3-4-11(14-7-10)15-5-1-2-9(8-15)6-12(16)17/h3-4,7,9H,1-2,5-6,8,13H2,(H,16,17). The molecule has 3 N–H and O–H groups in total. The number of carbonyl (C=O) groups is 1. The number of anilines is 2. The second-order valence-electron chi connectivity index (χ2n) is 4.50. The molecule has 1 saturated heterocycles. The Labute approximate surface area is 100 Å². The lowest BCUT2D eigenvalue weighted by Gasteiger charge is -2.32. The molecule has 1 aromatic rings. The summed E-state index contributed by atoms with van der Waals surface area (Å²) in [7, 11) is 0. The number of piperidine rings is 1. The predicted octanol–water partition coefficient (Wildman–Crippen LogP) is 1.35. The number of carboxylic acid groups (broad SMARTS) is 1. The first-order chi connectivity index (χ1) is 8.15. The number of pyridine rings is 1. The van der Waals surface area contributed by atoms with Crippen molar-refractivity contribution in [3.8, 4) is 0 Å². The van der Waals surface area contributed by atoms with Crippen LogP contribution in [0.3, 0.4) is 0 Å². The SMILES string of the molecule is Nc1ccc(N2CCCC(CC(=O)O)C2)nc1. The minimum atomic E-state index is -0.720. The van der Waals surface area contributed by atoms with Gasteiger partial charge in [0.05, 0.1) is 11.9 Å². The number of aliphatic carboxylic acids is 1. The Morgan fingerprint density at radius 1 is 1.59 bits per heavy atom. The number of carboxylic acids is 1. The number of hydrogen-bond donors (Lipinski definition) is 2. The van der Waals surface area contributed by atoms with Crippen LogP contribution in [0.2, 0.25) is 0 Å². The van der Waals surface area contributed by atoms with Gasteiger partial charge in [-0.15, -0.1) is 0 Å². The van der Waals surface area contributed by atoms with Crippen LogP contribution in [0, 0.1) is 5.92 Å². The molecule has 1 aliphatic heterocycles. The maximum absolute atomic E-state index is 10.7. The molecule has 92 valence electrons. The van der Waals surface area contributed by atoms with Crippen molar-refractivity contribution < 1.29 is 9.90 Å². The molecule has 17 heavy (non-hydrogen) atoms. The monoisotopic (exact) mass is 235 g/mol. The Morgan fingerprint density at radius 2 is 2.41 bits per heavy atom. The van der Waals surface area contributed by atoms with Gasteiger partial charge in [-0.2, -0.15) is 0 Å². The van der Waals surface area contributed by atoms with Crippen molar-refractivity contribution in [2.24, 2.45) is 5.92 Å². The van der Waals surface area contributed by atoms with E-state index in [-0.39, 0.29) is 12.3 Å². The van der Waals surface area contributed by atoms with Crippen molar-refractivity contribution in [3.63, 3.8) is 0 Å². The quantitative estimate of drug-likeness (QED) is 0.826. The van der Waals surface area contributed by atoms with Crippen LogP contribution in [0.4, 0.5) is 11.5 Å². The fraction of sp³-hybridized carbons (Fsp3) is 0.500. The second kappa shape index (κ2) is 5.03. The molecule has 2 heterocycles. The van der Waals surface area contributed by atoms with E-state index in [4.69, 9.17) is 10.8 Å². The first-order valence-electron chi connectivity index (χ1n) is 5.83. The molecule has 1 aliphatic rings. The Hall–Kier alpha value is -1.78. The summed E-state index contributed by atoms with van der Waals surface area (Å²) < 4.78 is 0. The number of nitrogens with two attached hydrogens (primary N) is 1. The van der Waals surface area contributed by atoms with Crippen LogP contribution in [-0.4, -0.2) is 29.1 Å². The number of nitrogen functional groups attached to an aromatic ring is 1. The van der Waals surface area contributed by atoms with Crippen molar-refractivity contribution in [1.82, 2.24) is 4.98 Å². The highest BCUT2D eigenvalue weighted by Gasteiger charge is 2.22. The highest BCUT2D eigenvalue weighted by Crippen LogP contribution is 2.23. The van der Waals surface area contributed by atoms with Crippen molar-refractivity contribution in [1.29, 1.82) is 0 Å². The lowest BCUT2D eigenvalue weighted by atomic mass is 9.95. The molecule has 0 amide bonds. The van der Waals surface area contributed by atoms with Gasteiger partial charge in [-0.3, -0.25) is 4.79 Å². The third-order valence-corrected chi connectivity index (χ3v) is 3.08. The number of rotatable bonds is 3. The molecule has 1 unspecified atom stereocenters. The minimum absolute atomic E-state index is 0.223. The molecule has 0 aromatic carbocycles. The molecular formula is C12H17N3O2. The van der Waals surface area contributed by atoms with Crippen LogP contribution in [0.15, 0.2) is 18.3 Å². The molecule has 2 rings (SSSR count). The first kappa shape index (κ1) is 11.7. The summed E-state index contributed by atoms with van der Waals surface area (Å²) >= 11 is 0. The Morgan fingerprint density at radius 3 is 3.06 bits per heavy atom. The van der Waals surface area contributed by atoms with Crippen LogP contribution in [0.5, 0.6) is 0 Å². The zero-order valence-electron chi connectivity index (χ0n) is 9.67. The zero-order chi connectivity index (χ0) is 12.3. The normalized spacial score (nSPS) is 20.2. The van der Waals surface area contributed by atoms with Gasteiger partial charge in [-0.05, 0) is 30.9 Å². The van der Waals surface area contributed by atoms with E-state index in [2.05, 4.69) is 9.88 Å². The molecule has 0 bridgehead atoms. The van der Waals surface area contributed by atoms with Crippen molar-refractivity contribution in [2.45, 2.75) is 19.3 Å². The fourth-order valence-electron chi connectivity index (χ4n) is 2.27. The second-order valence-corrected chi connectivity index (χ2v) is 4.50. The van der Waals surface area contributed by atoms with E-state index in [1.54, 1.807) is 6.20 Å². The molecule has 1 atom stereocenters. The van der Waals surface area contributed by atoms with Crippen molar-refractivity contribution in [3.05, 3.63) is 18.3 Å². The Balaban J connectivity index is 2.01. The molecule has 1 aromatic heterocycles. The van der Waals surface area contributed by atoms with Crippen molar-refractivity contribution in [2.75, 3.05) is 23.7 Å². The van der Waals surface area contributed by atoms with Gasteiger partial charge in [-0.25, -0.2) is 4.98 Å². The predicted molar refractivity (Wildman–Crippen MR) is 65.8 cm³/mol. The zero-order valence-corrected chi connectivity index (χ0v) is 9.67. The number of aromatic nitrogens is 1. The van der Waals surface area contributed by atoms with E-state index in [1.165, 1.54) is 0 Å². The highest BCUT2D eigenvalue weighted by atomic mass is 16.4. The van der Waals surface area contributed by atoms with Gasteiger partial charge in [-0.1, -0.05) is 0 Å². The van der Waals surface area contributed by atoms with E-state index >= 15 is 0 Å². The van der Waals surface area contributed by atoms with Crippen LogP contribution >= 0.6 is 0 Å². The Kier molecular flexibility index (Phi) is 3.46. The summed E-state index contributed by atoms with van der Waals surface area (Å²) in [4.78, 5) is 17.1. The van der Waals surface area contributed by atoms with Gasteiger partial charge >= 0.3 is 5.97 Å². The summed E-state index contributed by atoms with van der Waals surface area (Å²) in [5, 5.41) is 8.81. The fourth-order valence-corrected chi connectivity index (χ4v) is 2.27. The lowest BCUT2D eigenvalue weighted by Crippen LogP contribution is -2.36. The van der Waals surface area contributed by atoms with Crippen LogP contribution in [0.25, 0.3) is 0 Å². The lowest BCUT2D eigenvalue weighted by molar-refractivity contribution is -0.138. The van der Waals surface area contributed by atoms with Crippen LogP contribution in [-0.2, 0) is 4.79 Å². The van der Waals surface area contributed by atoms with Crippen LogP contribution < -0.4 is 10.6 Å². The van der Waals surface area contributed by atoms with E-state index in [1.807, 2.05) is 12.1 Å². The van der Waals surface area contributed by atoms with Crippen LogP contribution in [0.1, 0.15) is 19.3 Å². The molecule has 5 nitrogen and oxygen atoms in total. The summed E-state index contributed by atoms with van der Waals surface area (Å²) in [6.07, 6.45) is 3.88. The molecule has 0 spiro atoms. The minimum Gasteiger partial charge on any atom is -0.481 e. The van der Waals surface area contributed by atoms with Gasteiger partial charge in [0.25, 0.3) is 0 Å². The van der Waals surface area contributed by atoms with Gasteiger partial charge in [0.1, 0.15) is 5.82 Å².